The van der Waals surface area contributed by atoms with Gasteiger partial charge in [-0.3, -0.25) is 0 Å². The molecule has 0 aliphatic heterocycles. The van der Waals surface area contributed by atoms with Crippen LogP contribution in [0.25, 0.3) is 0 Å². The van der Waals surface area contributed by atoms with Crippen molar-refractivity contribution in [1.29, 1.82) is 0 Å². The zero-order valence-corrected chi connectivity index (χ0v) is 8.20. The lowest BCUT2D eigenvalue weighted by Crippen LogP contribution is -2.39. The standard InChI is InChI=1S/C9H10F3N3O/c10-9(11,12)7-1-2-13-8(15-7)14-5-3-6(16)4-5/h1-2,5-6,16H,3-4H2,(H,13,14,15). The number of aliphatic hydroxyl groups is 1. The molecule has 0 aromatic carbocycles. The Bertz CT molecular complexity index is 377. The minimum absolute atomic E-state index is 0.0431. The zero-order valence-electron chi connectivity index (χ0n) is 8.20. The molecule has 7 heteroatoms. The van der Waals surface area contributed by atoms with E-state index in [0.29, 0.717) is 12.8 Å². The molecule has 1 aliphatic carbocycles. The first-order valence-electron chi connectivity index (χ1n) is 4.80. The topological polar surface area (TPSA) is 58.0 Å². The third-order valence-corrected chi connectivity index (χ3v) is 2.39. The lowest BCUT2D eigenvalue weighted by molar-refractivity contribution is -0.141. The number of rotatable bonds is 2. The highest BCUT2D eigenvalue weighted by atomic mass is 19.4. The average Bonchev–Trinajstić information content (AvgIpc) is 2.14. The van der Waals surface area contributed by atoms with Gasteiger partial charge in [0.15, 0.2) is 0 Å². The number of halogens is 3. The molecule has 0 atom stereocenters. The number of nitrogens with one attached hydrogen (secondary N) is 1. The molecule has 0 amide bonds. The quantitative estimate of drug-likeness (QED) is 0.811. The van der Waals surface area contributed by atoms with E-state index in [9.17, 15) is 13.2 Å². The maximum absolute atomic E-state index is 12.3. The Kier molecular flexibility index (Phi) is 2.71. The molecule has 2 N–H and O–H groups in total. The van der Waals surface area contributed by atoms with E-state index in [2.05, 4.69) is 15.3 Å². The Balaban J connectivity index is 2.05. The van der Waals surface area contributed by atoms with Crippen LogP contribution in [0.1, 0.15) is 18.5 Å². The summed E-state index contributed by atoms with van der Waals surface area (Å²) in [6.07, 6.45) is -2.74. The number of aromatic nitrogens is 2. The third kappa shape index (κ3) is 2.41. The Labute approximate surface area is 89.5 Å². The first-order valence-corrected chi connectivity index (χ1v) is 4.80. The summed E-state index contributed by atoms with van der Waals surface area (Å²) in [4.78, 5) is 7.06. The molecule has 4 nitrogen and oxygen atoms in total. The van der Waals surface area contributed by atoms with Gasteiger partial charge < -0.3 is 10.4 Å². The lowest BCUT2D eigenvalue weighted by atomic mass is 9.90. The van der Waals surface area contributed by atoms with E-state index in [1.165, 1.54) is 0 Å². The minimum Gasteiger partial charge on any atom is -0.393 e. The fraction of sp³-hybridized carbons (Fsp3) is 0.556. The third-order valence-electron chi connectivity index (χ3n) is 2.39. The molecule has 0 spiro atoms. The molecular formula is C9H10F3N3O. The second-order valence-corrected chi connectivity index (χ2v) is 3.73. The average molecular weight is 233 g/mol. The van der Waals surface area contributed by atoms with Crippen LogP contribution >= 0.6 is 0 Å². The van der Waals surface area contributed by atoms with Gasteiger partial charge in [-0.25, -0.2) is 9.97 Å². The molecule has 1 heterocycles. The van der Waals surface area contributed by atoms with Crippen molar-refractivity contribution in [3.8, 4) is 0 Å². The van der Waals surface area contributed by atoms with Crippen LogP contribution in [-0.2, 0) is 6.18 Å². The van der Waals surface area contributed by atoms with Gasteiger partial charge in [0.05, 0.1) is 6.10 Å². The summed E-state index contributed by atoms with van der Waals surface area (Å²) in [5.74, 6) is -0.0493. The molecule has 1 fully saturated rings. The fourth-order valence-electron chi connectivity index (χ4n) is 1.47. The van der Waals surface area contributed by atoms with Crippen molar-refractivity contribution in [3.05, 3.63) is 18.0 Å². The molecular weight excluding hydrogens is 223 g/mol. The zero-order chi connectivity index (χ0) is 11.8. The van der Waals surface area contributed by atoms with Crippen molar-refractivity contribution in [2.45, 2.75) is 31.2 Å². The van der Waals surface area contributed by atoms with Gasteiger partial charge in [-0.2, -0.15) is 13.2 Å². The summed E-state index contributed by atoms with van der Waals surface area (Å²) in [6, 6.07) is 0.777. The molecule has 2 rings (SSSR count). The van der Waals surface area contributed by atoms with Crippen molar-refractivity contribution >= 4 is 5.95 Å². The monoisotopic (exact) mass is 233 g/mol. The van der Waals surface area contributed by atoms with Crippen LogP contribution in [0.5, 0.6) is 0 Å². The van der Waals surface area contributed by atoms with E-state index >= 15 is 0 Å². The van der Waals surface area contributed by atoms with Gasteiger partial charge in [0.1, 0.15) is 5.69 Å². The van der Waals surface area contributed by atoms with Gasteiger partial charge in [-0.05, 0) is 18.9 Å². The Morgan fingerprint density at radius 1 is 1.38 bits per heavy atom. The predicted octanol–water partition coefficient (Wildman–Crippen LogP) is 1.43. The van der Waals surface area contributed by atoms with E-state index in [1.807, 2.05) is 0 Å². The van der Waals surface area contributed by atoms with Gasteiger partial charge in [0.2, 0.25) is 5.95 Å². The molecule has 0 saturated heterocycles. The van der Waals surface area contributed by atoms with Gasteiger partial charge in [-0.15, -0.1) is 0 Å². The number of hydrogen-bond acceptors (Lipinski definition) is 4. The minimum atomic E-state index is -4.46. The van der Waals surface area contributed by atoms with Gasteiger partial charge in [0, 0.05) is 12.2 Å². The molecule has 88 valence electrons. The Hall–Kier alpha value is -1.37. The fourth-order valence-corrected chi connectivity index (χ4v) is 1.47. The summed E-state index contributed by atoms with van der Waals surface area (Å²) >= 11 is 0. The van der Waals surface area contributed by atoms with Crippen LogP contribution < -0.4 is 5.32 Å². The van der Waals surface area contributed by atoms with Crippen molar-refractivity contribution in [1.82, 2.24) is 9.97 Å². The molecule has 16 heavy (non-hydrogen) atoms. The molecule has 0 unspecified atom stereocenters. The van der Waals surface area contributed by atoms with Crippen LogP contribution in [0.3, 0.4) is 0 Å². The number of hydrogen-bond donors (Lipinski definition) is 2. The molecule has 0 radical (unpaired) electrons. The van der Waals surface area contributed by atoms with Crippen LogP contribution in [0.2, 0.25) is 0 Å². The van der Waals surface area contributed by atoms with Crippen molar-refractivity contribution in [3.63, 3.8) is 0 Å². The van der Waals surface area contributed by atoms with Crippen LogP contribution in [0.15, 0.2) is 12.3 Å². The first-order chi connectivity index (χ1) is 7.45. The van der Waals surface area contributed by atoms with Gasteiger partial charge in [-0.1, -0.05) is 0 Å². The summed E-state index contributed by atoms with van der Waals surface area (Å²) in [7, 11) is 0. The highest BCUT2D eigenvalue weighted by molar-refractivity contribution is 5.28. The van der Waals surface area contributed by atoms with Crippen LogP contribution in [0, 0.1) is 0 Å². The molecule has 1 aliphatic rings. The SMILES string of the molecule is OC1CC(Nc2nccc(C(F)(F)F)n2)C1. The summed E-state index contributed by atoms with van der Waals surface area (Å²) in [5.41, 5.74) is -0.968. The van der Waals surface area contributed by atoms with Crippen molar-refractivity contribution in [2.75, 3.05) is 5.32 Å². The smallest absolute Gasteiger partial charge is 0.393 e. The largest absolute Gasteiger partial charge is 0.433 e. The predicted molar refractivity (Wildman–Crippen MR) is 49.7 cm³/mol. The first kappa shape index (κ1) is 11.1. The second-order valence-electron chi connectivity index (χ2n) is 3.73. The van der Waals surface area contributed by atoms with Gasteiger partial charge >= 0.3 is 6.18 Å². The molecule has 1 aromatic heterocycles. The van der Waals surface area contributed by atoms with E-state index in [1.54, 1.807) is 0 Å². The maximum Gasteiger partial charge on any atom is 0.433 e. The Morgan fingerprint density at radius 2 is 2.06 bits per heavy atom. The number of alkyl halides is 3. The van der Waals surface area contributed by atoms with E-state index in [-0.39, 0.29) is 18.1 Å². The van der Waals surface area contributed by atoms with Crippen LogP contribution in [0.4, 0.5) is 19.1 Å². The van der Waals surface area contributed by atoms with E-state index in [4.69, 9.17) is 5.11 Å². The second kappa shape index (κ2) is 3.89. The summed E-state index contributed by atoms with van der Waals surface area (Å²) in [5, 5.41) is 11.8. The normalized spacial score (nSPS) is 25.0. The summed E-state index contributed by atoms with van der Waals surface area (Å²) in [6.45, 7) is 0. The number of nitrogens with zero attached hydrogens (tertiary/aromatic N) is 2. The van der Waals surface area contributed by atoms with Crippen molar-refractivity contribution < 1.29 is 18.3 Å². The van der Waals surface area contributed by atoms with E-state index in [0.717, 1.165) is 12.3 Å². The number of aliphatic hydroxyl groups excluding tert-OH is 1. The van der Waals surface area contributed by atoms with Gasteiger partial charge in [0.25, 0.3) is 0 Å². The lowest BCUT2D eigenvalue weighted by Gasteiger charge is -2.31. The molecule has 1 saturated carbocycles. The highest BCUT2D eigenvalue weighted by Gasteiger charge is 2.33. The Morgan fingerprint density at radius 3 is 2.62 bits per heavy atom. The molecule has 0 bridgehead atoms. The summed E-state index contributed by atoms with van der Waals surface area (Å²) < 4.78 is 36.9. The van der Waals surface area contributed by atoms with Crippen LogP contribution in [-0.4, -0.2) is 27.2 Å². The number of anilines is 1. The maximum atomic E-state index is 12.3. The van der Waals surface area contributed by atoms with E-state index < -0.39 is 11.9 Å². The molecule has 1 aromatic rings. The van der Waals surface area contributed by atoms with Crippen molar-refractivity contribution in [2.24, 2.45) is 0 Å². The highest BCUT2D eigenvalue weighted by Crippen LogP contribution is 2.28.